The monoisotopic (exact) mass is 276 g/mol. The summed E-state index contributed by atoms with van der Waals surface area (Å²) in [5.74, 6) is 0.749. The second kappa shape index (κ2) is 6.07. The van der Waals surface area contributed by atoms with Crippen LogP contribution in [0, 0.1) is 6.92 Å². The molecule has 0 aliphatic heterocycles. The number of thioether (sulfide) groups is 1. The van der Waals surface area contributed by atoms with Crippen molar-refractivity contribution >= 4 is 28.6 Å². The zero-order chi connectivity index (χ0) is 13.0. The molecule has 0 aliphatic carbocycles. The van der Waals surface area contributed by atoms with E-state index in [9.17, 15) is 4.79 Å². The summed E-state index contributed by atoms with van der Waals surface area (Å²) in [5, 5.41) is -0.393. The van der Waals surface area contributed by atoms with Crippen molar-refractivity contribution < 1.29 is 4.79 Å². The summed E-state index contributed by atoms with van der Waals surface area (Å²) < 4.78 is 0. The molecule has 0 aliphatic rings. The maximum atomic E-state index is 11.3. The van der Waals surface area contributed by atoms with Gasteiger partial charge in [0.1, 0.15) is 0 Å². The first-order chi connectivity index (χ1) is 8.68. The molecule has 0 N–H and O–H groups in total. The highest BCUT2D eigenvalue weighted by Crippen LogP contribution is 2.27. The number of hydrogen-bond donors (Lipinski definition) is 0. The fraction of sp³-hybridized carbons (Fsp3) is 0.133. The van der Waals surface area contributed by atoms with Gasteiger partial charge < -0.3 is 0 Å². The Bertz CT molecular complexity index is 566. The summed E-state index contributed by atoms with van der Waals surface area (Å²) in [5.41, 5.74) is 2.82. The molecule has 3 heteroatoms. The Morgan fingerprint density at radius 2 is 1.78 bits per heavy atom. The van der Waals surface area contributed by atoms with Gasteiger partial charge in [-0.25, -0.2) is 0 Å². The van der Waals surface area contributed by atoms with Crippen molar-refractivity contribution in [2.24, 2.45) is 0 Å². The Kier molecular flexibility index (Phi) is 4.45. The summed E-state index contributed by atoms with van der Waals surface area (Å²) in [6, 6.07) is 15.7. The predicted octanol–water partition coefficient (Wildman–Crippen LogP) is 4.67. The molecule has 0 atom stereocenters. The zero-order valence-corrected chi connectivity index (χ0v) is 11.6. The summed E-state index contributed by atoms with van der Waals surface area (Å²) >= 11 is 7.29. The van der Waals surface area contributed by atoms with E-state index in [0.717, 1.165) is 11.3 Å². The lowest BCUT2D eigenvalue weighted by atomic mass is 10.1. The van der Waals surface area contributed by atoms with Crippen LogP contribution in [0.1, 0.15) is 21.5 Å². The fourth-order valence-corrected chi connectivity index (χ4v) is 2.93. The second-order valence-electron chi connectivity index (χ2n) is 3.99. The van der Waals surface area contributed by atoms with Gasteiger partial charge in [-0.15, -0.1) is 11.8 Å². The van der Waals surface area contributed by atoms with Crippen molar-refractivity contribution in [3.63, 3.8) is 0 Å². The van der Waals surface area contributed by atoms with Crippen LogP contribution >= 0.6 is 23.4 Å². The van der Waals surface area contributed by atoms with Gasteiger partial charge in [0.2, 0.25) is 0 Å². The van der Waals surface area contributed by atoms with Crippen LogP contribution < -0.4 is 0 Å². The average molecular weight is 277 g/mol. The maximum absolute atomic E-state index is 11.3. The smallest absolute Gasteiger partial charge is 0.252 e. The van der Waals surface area contributed by atoms with Crippen LogP contribution in [-0.2, 0) is 5.75 Å². The Morgan fingerprint density at radius 3 is 2.50 bits per heavy atom. The van der Waals surface area contributed by atoms with E-state index in [4.69, 9.17) is 11.6 Å². The summed E-state index contributed by atoms with van der Waals surface area (Å²) in [4.78, 5) is 12.5. The molecule has 0 unspecified atom stereocenters. The first kappa shape index (κ1) is 13.2. The van der Waals surface area contributed by atoms with Gasteiger partial charge in [0.15, 0.2) is 0 Å². The van der Waals surface area contributed by atoms with Crippen LogP contribution in [0.15, 0.2) is 53.4 Å². The van der Waals surface area contributed by atoms with Crippen molar-refractivity contribution in [3.8, 4) is 0 Å². The van der Waals surface area contributed by atoms with E-state index >= 15 is 0 Å². The van der Waals surface area contributed by atoms with E-state index in [-0.39, 0.29) is 0 Å². The molecule has 2 rings (SSSR count). The molecule has 0 spiro atoms. The lowest BCUT2D eigenvalue weighted by Crippen LogP contribution is -1.95. The summed E-state index contributed by atoms with van der Waals surface area (Å²) in [6.45, 7) is 2.08. The van der Waals surface area contributed by atoms with E-state index in [0.29, 0.717) is 5.56 Å². The number of benzene rings is 2. The molecule has 0 radical (unpaired) electrons. The molecule has 2 aromatic carbocycles. The van der Waals surface area contributed by atoms with E-state index in [2.05, 4.69) is 19.1 Å². The largest absolute Gasteiger partial charge is 0.276 e. The first-order valence-corrected chi connectivity index (χ1v) is 7.01. The quantitative estimate of drug-likeness (QED) is 0.596. The molecule has 0 bridgehead atoms. The number of halogens is 1. The highest BCUT2D eigenvalue weighted by Gasteiger charge is 2.08. The molecule has 18 heavy (non-hydrogen) atoms. The molecule has 2 aromatic rings. The minimum absolute atomic E-state index is 0.393. The number of aryl methyl sites for hydroxylation is 1. The van der Waals surface area contributed by atoms with Crippen molar-refractivity contribution in [1.29, 1.82) is 0 Å². The molecular weight excluding hydrogens is 264 g/mol. The SMILES string of the molecule is Cc1ccccc1SCc1ccccc1C(=O)Cl. The number of hydrogen-bond acceptors (Lipinski definition) is 2. The van der Waals surface area contributed by atoms with Crippen molar-refractivity contribution in [2.45, 2.75) is 17.6 Å². The van der Waals surface area contributed by atoms with E-state index in [1.807, 2.05) is 30.3 Å². The highest BCUT2D eigenvalue weighted by molar-refractivity contribution is 7.98. The van der Waals surface area contributed by atoms with Crippen LogP contribution in [0.2, 0.25) is 0 Å². The molecule has 0 fully saturated rings. The normalized spacial score (nSPS) is 10.3. The van der Waals surface area contributed by atoms with E-state index < -0.39 is 5.24 Å². The number of carbonyl (C=O) groups is 1. The van der Waals surface area contributed by atoms with Crippen LogP contribution in [0.4, 0.5) is 0 Å². The van der Waals surface area contributed by atoms with E-state index in [1.165, 1.54) is 10.5 Å². The van der Waals surface area contributed by atoms with Gasteiger partial charge >= 0.3 is 0 Å². The second-order valence-corrected chi connectivity index (χ2v) is 5.35. The Balaban J connectivity index is 2.16. The third-order valence-electron chi connectivity index (χ3n) is 2.71. The molecular formula is C15H13ClOS. The minimum atomic E-state index is -0.393. The fourth-order valence-electron chi connectivity index (χ4n) is 1.71. The Hall–Kier alpha value is -1.25. The Labute approximate surface area is 116 Å². The third kappa shape index (κ3) is 3.15. The van der Waals surface area contributed by atoms with E-state index in [1.54, 1.807) is 17.8 Å². The maximum Gasteiger partial charge on any atom is 0.252 e. The molecule has 1 nitrogen and oxygen atoms in total. The van der Waals surface area contributed by atoms with Gasteiger partial charge in [-0.3, -0.25) is 4.79 Å². The van der Waals surface area contributed by atoms with Gasteiger partial charge in [0.25, 0.3) is 5.24 Å². The van der Waals surface area contributed by atoms with Gasteiger partial charge in [0.05, 0.1) is 0 Å². The average Bonchev–Trinajstić information content (AvgIpc) is 2.38. The van der Waals surface area contributed by atoms with Crippen molar-refractivity contribution in [1.82, 2.24) is 0 Å². The summed E-state index contributed by atoms with van der Waals surface area (Å²) in [7, 11) is 0. The van der Waals surface area contributed by atoms with Crippen molar-refractivity contribution in [3.05, 3.63) is 65.2 Å². The van der Waals surface area contributed by atoms with Crippen LogP contribution in [-0.4, -0.2) is 5.24 Å². The number of rotatable bonds is 4. The molecule has 0 heterocycles. The molecule has 0 amide bonds. The topological polar surface area (TPSA) is 17.1 Å². The van der Waals surface area contributed by atoms with Crippen molar-refractivity contribution in [2.75, 3.05) is 0 Å². The van der Waals surface area contributed by atoms with Gasteiger partial charge in [-0.05, 0) is 41.8 Å². The van der Waals surface area contributed by atoms with Crippen LogP contribution in [0.3, 0.4) is 0 Å². The first-order valence-electron chi connectivity index (χ1n) is 5.64. The molecule has 92 valence electrons. The predicted molar refractivity (Wildman–Crippen MR) is 77.4 cm³/mol. The van der Waals surface area contributed by atoms with Gasteiger partial charge in [-0.1, -0.05) is 36.4 Å². The lowest BCUT2D eigenvalue weighted by molar-refractivity contribution is 0.108. The molecule has 0 aromatic heterocycles. The molecule has 0 saturated heterocycles. The van der Waals surface area contributed by atoms with Gasteiger partial charge in [0, 0.05) is 16.2 Å². The van der Waals surface area contributed by atoms with Gasteiger partial charge in [-0.2, -0.15) is 0 Å². The Morgan fingerprint density at radius 1 is 1.11 bits per heavy atom. The lowest BCUT2D eigenvalue weighted by Gasteiger charge is -2.07. The standard InChI is InChI=1S/C15H13ClOS/c1-11-6-2-5-9-14(11)18-10-12-7-3-4-8-13(12)15(16)17/h2-9H,10H2,1H3. The molecule has 0 saturated carbocycles. The van der Waals surface area contributed by atoms with Crippen LogP contribution in [0.25, 0.3) is 0 Å². The zero-order valence-electron chi connectivity index (χ0n) is 10.0. The third-order valence-corrected chi connectivity index (χ3v) is 4.13. The summed E-state index contributed by atoms with van der Waals surface area (Å²) in [6.07, 6.45) is 0. The van der Waals surface area contributed by atoms with Crippen LogP contribution in [0.5, 0.6) is 0 Å². The minimum Gasteiger partial charge on any atom is -0.276 e. The number of carbonyl (C=O) groups excluding carboxylic acids is 1. The highest BCUT2D eigenvalue weighted by atomic mass is 35.5.